The summed E-state index contributed by atoms with van der Waals surface area (Å²) in [5.74, 6) is -1.15. The van der Waals surface area contributed by atoms with Crippen LogP contribution in [0.1, 0.15) is 15.9 Å². The fourth-order valence-electron chi connectivity index (χ4n) is 2.14. The van der Waals surface area contributed by atoms with E-state index in [1.165, 1.54) is 18.2 Å². The van der Waals surface area contributed by atoms with Gasteiger partial charge in [0.15, 0.2) is 0 Å². The maximum Gasteiger partial charge on any atom is 0.255 e. The van der Waals surface area contributed by atoms with Crippen molar-refractivity contribution >= 4 is 34.8 Å². The van der Waals surface area contributed by atoms with Gasteiger partial charge in [0, 0.05) is 16.3 Å². The second kappa shape index (κ2) is 5.18. The number of rotatable bonds is 2. The number of carbonyl (C=O) groups is 2. The van der Waals surface area contributed by atoms with Crippen molar-refractivity contribution in [1.82, 2.24) is 0 Å². The highest BCUT2D eigenvalue weighted by Crippen LogP contribution is 2.25. The molecule has 2 N–H and O–H groups in total. The Kier molecular flexibility index (Phi) is 3.35. The minimum absolute atomic E-state index is 0.0111. The molecule has 1 aliphatic rings. The SMILES string of the molecule is O=C1Cc2ccc(C(=O)Nc3cc(Cl)ccc3F)cc2N1. The number of halogens is 2. The van der Waals surface area contributed by atoms with E-state index in [-0.39, 0.29) is 11.6 Å². The number of hydrogen-bond donors (Lipinski definition) is 2. The summed E-state index contributed by atoms with van der Waals surface area (Å²) >= 11 is 5.77. The van der Waals surface area contributed by atoms with E-state index >= 15 is 0 Å². The highest BCUT2D eigenvalue weighted by atomic mass is 35.5. The third-order valence-corrected chi connectivity index (χ3v) is 3.41. The summed E-state index contributed by atoms with van der Waals surface area (Å²) in [7, 11) is 0. The van der Waals surface area contributed by atoms with Gasteiger partial charge in [-0.15, -0.1) is 0 Å². The molecule has 0 aromatic heterocycles. The van der Waals surface area contributed by atoms with Crippen molar-refractivity contribution in [2.75, 3.05) is 10.6 Å². The number of hydrogen-bond acceptors (Lipinski definition) is 2. The number of nitrogens with one attached hydrogen (secondary N) is 2. The molecule has 4 nitrogen and oxygen atoms in total. The zero-order chi connectivity index (χ0) is 15.0. The predicted octanol–water partition coefficient (Wildman–Crippen LogP) is 3.23. The Morgan fingerprint density at radius 1 is 1.24 bits per heavy atom. The average molecular weight is 305 g/mol. The van der Waals surface area contributed by atoms with Crippen LogP contribution in [0.4, 0.5) is 15.8 Å². The number of anilines is 2. The van der Waals surface area contributed by atoms with Crippen molar-refractivity contribution in [2.45, 2.75) is 6.42 Å². The van der Waals surface area contributed by atoms with Crippen LogP contribution in [-0.2, 0) is 11.2 Å². The molecule has 0 unspecified atom stereocenters. The first-order chi connectivity index (χ1) is 10.0. The average Bonchev–Trinajstić information content (AvgIpc) is 2.81. The Labute approximate surface area is 124 Å². The number of fused-ring (bicyclic) bond motifs is 1. The van der Waals surface area contributed by atoms with Gasteiger partial charge in [-0.2, -0.15) is 0 Å². The monoisotopic (exact) mass is 304 g/mol. The Hall–Kier alpha value is -2.40. The summed E-state index contributed by atoms with van der Waals surface area (Å²) in [4.78, 5) is 23.4. The second-order valence-corrected chi connectivity index (χ2v) is 5.11. The summed E-state index contributed by atoms with van der Waals surface area (Å²) in [5, 5.41) is 5.45. The molecule has 6 heteroatoms. The summed E-state index contributed by atoms with van der Waals surface area (Å²) in [6, 6.07) is 8.79. The minimum atomic E-state index is -0.567. The van der Waals surface area contributed by atoms with E-state index in [1.54, 1.807) is 18.2 Å². The van der Waals surface area contributed by atoms with Crippen LogP contribution >= 0.6 is 11.6 Å². The molecule has 0 atom stereocenters. The van der Waals surface area contributed by atoms with Crippen molar-refractivity contribution in [2.24, 2.45) is 0 Å². The Balaban J connectivity index is 1.85. The van der Waals surface area contributed by atoms with Gasteiger partial charge in [-0.25, -0.2) is 4.39 Å². The molecule has 2 amide bonds. The lowest BCUT2D eigenvalue weighted by molar-refractivity contribution is -0.115. The van der Waals surface area contributed by atoms with Crippen LogP contribution in [0.25, 0.3) is 0 Å². The van der Waals surface area contributed by atoms with Crippen LogP contribution in [0.2, 0.25) is 5.02 Å². The molecule has 0 saturated heterocycles. The molecule has 106 valence electrons. The molecule has 0 radical (unpaired) electrons. The molecule has 0 aliphatic carbocycles. The first-order valence-corrected chi connectivity index (χ1v) is 6.60. The number of amides is 2. The molecule has 1 heterocycles. The van der Waals surface area contributed by atoms with Crippen molar-refractivity contribution in [1.29, 1.82) is 0 Å². The molecule has 0 bridgehead atoms. The highest BCUT2D eigenvalue weighted by Gasteiger charge is 2.19. The van der Waals surface area contributed by atoms with Crippen molar-refractivity contribution in [3.05, 3.63) is 58.4 Å². The van der Waals surface area contributed by atoms with Crippen LogP contribution in [0.5, 0.6) is 0 Å². The van der Waals surface area contributed by atoms with E-state index < -0.39 is 11.7 Å². The fraction of sp³-hybridized carbons (Fsp3) is 0.0667. The first-order valence-electron chi connectivity index (χ1n) is 6.22. The van der Waals surface area contributed by atoms with E-state index in [0.29, 0.717) is 22.7 Å². The van der Waals surface area contributed by atoms with Crippen molar-refractivity contribution in [3.8, 4) is 0 Å². The molecule has 3 rings (SSSR count). The van der Waals surface area contributed by atoms with Crippen LogP contribution < -0.4 is 10.6 Å². The summed E-state index contributed by atoms with van der Waals surface area (Å²) in [5.41, 5.74) is 1.79. The van der Waals surface area contributed by atoms with Crippen LogP contribution in [-0.4, -0.2) is 11.8 Å². The Morgan fingerprint density at radius 2 is 2.05 bits per heavy atom. The second-order valence-electron chi connectivity index (χ2n) is 4.68. The lowest BCUT2D eigenvalue weighted by Gasteiger charge is -2.08. The highest BCUT2D eigenvalue weighted by molar-refractivity contribution is 6.31. The number of carbonyl (C=O) groups excluding carboxylic acids is 2. The van der Waals surface area contributed by atoms with E-state index in [1.807, 2.05) is 0 Å². The molecule has 0 saturated carbocycles. The van der Waals surface area contributed by atoms with Crippen LogP contribution in [0.15, 0.2) is 36.4 Å². The zero-order valence-electron chi connectivity index (χ0n) is 10.7. The summed E-state index contributed by atoms with van der Waals surface area (Å²) in [6.45, 7) is 0. The lowest BCUT2D eigenvalue weighted by atomic mass is 10.1. The molecule has 0 spiro atoms. The molecule has 1 aliphatic heterocycles. The molecular weight excluding hydrogens is 295 g/mol. The predicted molar refractivity (Wildman–Crippen MR) is 78.1 cm³/mol. The molecular formula is C15H10ClFN2O2. The Morgan fingerprint density at radius 3 is 2.86 bits per heavy atom. The minimum Gasteiger partial charge on any atom is -0.326 e. The maximum absolute atomic E-state index is 13.6. The summed E-state index contributed by atoms with van der Waals surface area (Å²) in [6.07, 6.45) is 0.306. The van der Waals surface area contributed by atoms with Gasteiger partial charge in [0.1, 0.15) is 5.82 Å². The van der Waals surface area contributed by atoms with Gasteiger partial charge in [-0.1, -0.05) is 17.7 Å². The molecule has 0 fully saturated rings. The van der Waals surface area contributed by atoms with Gasteiger partial charge < -0.3 is 10.6 Å². The Bertz CT molecular complexity index is 761. The largest absolute Gasteiger partial charge is 0.326 e. The lowest BCUT2D eigenvalue weighted by Crippen LogP contribution is -2.13. The van der Waals surface area contributed by atoms with Gasteiger partial charge in [0.25, 0.3) is 5.91 Å². The fourth-order valence-corrected chi connectivity index (χ4v) is 2.32. The third kappa shape index (κ3) is 2.73. The normalized spacial score (nSPS) is 12.8. The topological polar surface area (TPSA) is 58.2 Å². The first kappa shape index (κ1) is 13.6. The quantitative estimate of drug-likeness (QED) is 0.895. The molecule has 2 aromatic carbocycles. The van der Waals surface area contributed by atoms with Crippen LogP contribution in [0, 0.1) is 5.82 Å². The van der Waals surface area contributed by atoms with Gasteiger partial charge in [0.2, 0.25) is 5.91 Å². The third-order valence-electron chi connectivity index (χ3n) is 3.17. The van der Waals surface area contributed by atoms with Gasteiger partial charge in [-0.05, 0) is 35.9 Å². The van der Waals surface area contributed by atoms with Crippen LogP contribution in [0.3, 0.4) is 0 Å². The molecule has 2 aromatic rings. The van der Waals surface area contributed by atoms with E-state index in [9.17, 15) is 14.0 Å². The van der Waals surface area contributed by atoms with Crippen molar-refractivity contribution in [3.63, 3.8) is 0 Å². The smallest absolute Gasteiger partial charge is 0.255 e. The van der Waals surface area contributed by atoms with E-state index in [0.717, 1.165) is 5.56 Å². The molecule has 21 heavy (non-hydrogen) atoms. The van der Waals surface area contributed by atoms with E-state index in [2.05, 4.69) is 10.6 Å². The van der Waals surface area contributed by atoms with Gasteiger partial charge >= 0.3 is 0 Å². The maximum atomic E-state index is 13.6. The zero-order valence-corrected chi connectivity index (χ0v) is 11.5. The summed E-state index contributed by atoms with van der Waals surface area (Å²) < 4.78 is 13.6. The van der Waals surface area contributed by atoms with Gasteiger partial charge in [-0.3, -0.25) is 9.59 Å². The van der Waals surface area contributed by atoms with Crippen molar-refractivity contribution < 1.29 is 14.0 Å². The van der Waals surface area contributed by atoms with Gasteiger partial charge in [0.05, 0.1) is 12.1 Å². The van der Waals surface area contributed by atoms with E-state index in [4.69, 9.17) is 11.6 Å². The standard InChI is InChI=1S/C15H10ClFN2O2/c16-10-3-4-11(17)13(7-10)19-15(21)9-2-1-8-6-14(20)18-12(8)5-9/h1-5,7H,6H2,(H,18,20)(H,19,21). The number of benzene rings is 2.